The van der Waals surface area contributed by atoms with Gasteiger partial charge in [0.25, 0.3) is 0 Å². The quantitative estimate of drug-likeness (QED) is 0.772. The van der Waals surface area contributed by atoms with Crippen LogP contribution in [0, 0.1) is 6.92 Å². The molecule has 1 aromatic heterocycles. The van der Waals surface area contributed by atoms with Gasteiger partial charge in [-0.25, -0.2) is 4.98 Å². The molecule has 0 amide bonds. The maximum absolute atomic E-state index is 5.24. The highest BCUT2D eigenvalue weighted by Gasteiger charge is 2.07. The molecule has 4 heteroatoms. The van der Waals surface area contributed by atoms with E-state index in [0.717, 1.165) is 11.4 Å². The zero-order valence-electron chi connectivity index (χ0n) is 9.49. The lowest BCUT2D eigenvalue weighted by Gasteiger charge is -2.16. The lowest BCUT2D eigenvalue weighted by Crippen LogP contribution is -2.27. The van der Waals surface area contributed by atoms with Gasteiger partial charge in [-0.1, -0.05) is 6.07 Å². The first-order valence-corrected chi connectivity index (χ1v) is 4.95. The van der Waals surface area contributed by atoms with Crippen molar-refractivity contribution in [2.24, 2.45) is 0 Å². The molecule has 1 aromatic rings. The SMILES string of the molecule is COCC(CNc1ncccc1C)OC. The fourth-order valence-electron chi connectivity index (χ4n) is 1.28. The van der Waals surface area contributed by atoms with E-state index in [4.69, 9.17) is 9.47 Å². The van der Waals surface area contributed by atoms with Crippen molar-refractivity contribution in [2.45, 2.75) is 13.0 Å². The number of ether oxygens (including phenoxy) is 2. The maximum atomic E-state index is 5.24. The Labute approximate surface area is 90.6 Å². The fraction of sp³-hybridized carbons (Fsp3) is 0.545. The highest BCUT2D eigenvalue weighted by Crippen LogP contribution is 2.09. The molecule has 0 radical (unpaired) electrons. The smallest absolute Gasteiger partial charge is 0.128 e. The molecule has 0 aromatic carbocycles. The molecule has 0 saturated heterocycles. The Hall–Kier alpha value is -1.13. The third kappa shape index (κ3) is 3.85. The van der Waals surface area contributed by atoms with Crippen molar-refractivity contribution in [1.29, 1.82) is 0 Å². The number of nitrogens with zero attached hydrogens (tertiary/aromatic N) is 1. The van der Waals surface area contributed by atoms with E-state index < -0.39 is 0 Å². The standard InChI is InChI=1S/C11H18N2O2/c1-9-5-4-6-12-11(9)13-7-10(15-3)8-14-2/h4-6,10H,7-8H2,1-3H3,(H,12,13). The summed E-state index contributed by atoms with van der Waals surface area (Å²) < 4.78 is 10.3. The Morgan fingerprint density at radius 2 is 2.27 bits per heavy atom. The molecule has 0 aliphatic heterocycles. The number of hydrogen-bond acceptors (Lipinski definition) is 4. The molecule has 0 saturated carbocycles. The second-order valence-electron chi connectivity index (χ2n) is 3.36. The maximum Gasteiger partial charge on any atom is 0.128 e. The molecule has 84 valence electrons. The topological polar surface area (TPSA) is 43.4 Å². The zero-order chi connectivity index (χ0) is 11.1. The molecular weight excluding hydrogens is 192 g/mol. The van der Waals surface area contributed by atoms with E-state index in [-0.39, 0.29) is 6.10 Å². The van der Waals surface area contributed by atoms with E-state index >= 15 is 0 Å². The minimum absolute atomic E-state index is 0.0522. The number of rotatable bonds is 6. The number of anilines is 1. The van der Waals surface area contributed by atoms with Crippen molar-refractivity contribution < 1.29 is 9.47 Å². The van der Waals surface area contributed by atoms with Crippen LogP contribution >= 0.6 is 0 Å². The summed E-state index contributed by atoms with van der Waals surface area (Å²) in [5, 5.41) is 3.23. The van der Waals surface area contributed by atoms with Gasteiger partial charge >= 0.3 is 0 Å². The molecule has 0 aliphatic rings. The highest BCUT2D eigenvalue weighted by molar-refractivity contribution is 5.42. The molecule has 0 spiro atoms. The summed E-state index contributed by atoms with van der Waals surface area (Å²) in [5.74, 6) is 0.899. The average molecular weight is 210 g/mol. The predicted octanol–water partition coefficient (Wildman–Crippen LogP) is 1.46. The van der Waals surface area contributed by atoms with Crippen LogP contribution in [0.3, 0.4) is 0 Å². The molecule has 1 atom stereocenters. The van der Waals surface area contributed by atoms with Crippen LogP contribution in [0.5, 0.6) is 0 Å². The van der Waals surface area contributed by atoms with Gasteiger partial charge in [-0.15, -0.1) is 0 Å². The molecule has 0 bridgehead atoms. The van der Waals surface area contributed by atoms with Gasteiger partial charge in [0, 0.05) is 27.0 Å². The van der Waals surface area contributed by atoms with Crippen molar-refractivity contribution in [3.63, 3.8) is 0 Å². The monoisotopic (exact) mass is 210 g/mol. The summed E-state index contributed by atoms with van der Waals surface area (Å²) >= 11 is 0. The normalized spacial score (nSPS) is 12.5. The van der Waals surface area contributed by atoms with Crippen LogP contribution in [-0.4, -0.2) is 38.5 Å². The molecule has 1 unspecified atom stereocenters. The summed E-state index contributed by atoms with van der Waals surface area (Å²) in [6.45, 7) is 3.30. The lowest BCUT2D eigenvalue weighted by molar-refractivity contribution is 0.0365. The van der Waals surface area contributed by atoms with E-state index in [2.05, 4.69) is 10.3 Å². The number of hydrogen-bond donors (Lipinski definition) is 1. The molecule has 1 heterocycles. The van der Waals surface area contributed by atoms with E-state index in [1.807, 2.05) is 19.1 Å². The van der Waals surface area contributed by atoms with Crippen molar-refractivity contribution >= 4 is 5.82 Å². The Balaban J connectivity index is 2.45. The van der Waals surface area contributed by atoms with Crippen molar-refractivity contribution in [2.75, 3.05) is 32.7 Å². The second-order valence-corrected chi connectivity index (χ2v) is 3.36. The average Bonchev–Trinajstić information content (AvgIpc) is 2.26. The summed E-state index contributed by atoms with van der Waals surface area (Å²) in [5.41, 5.74) is 1.13. The Kier molecular flexibility index (Phi) is 5.07. The number of methoxy groups -OCH3 is 2. The zero-order valence-corrected chi connectivity index (χ0v) is 9.49. The first-order chi connectivity index (χ1) is 7.27. The van der Waals surface area contributed by atoms with Crippen LogP contribution in [0.4, 0.5) is 5.82 Å². The molecule has 1 rings (SSSR count). The van der Waals surface area contributed by atoms with Gasteiger partial charge in [-0.2, -0.15) is 0 Å². The third-order valence-electron chi connectivity index (χ3n) is 2.19. The summed E-state index contributed by atoms with van der Waals surface area (Å²) in [6, 6.07) is 3.94. The molecule has 0 fully saturated rings. The van der Waals surface area contributed by atoms with Gasteiger partial charge < -0.3 is 14.8 Å². The van der Waals surface area contributed by atoms with Crippen LogP contribution in [0.2, 0.25) is 0 Å². The third-order valence-corrected chi connectivity index (χ3v) is 2.19. The Bertz CT molecular complexity index is 292. The molecule has 1 N–H and O–H groups in total. The predicted molar refractivity (Wildman–Crippen MR) is 60.1 cm³/mol. The fourth-order valence-corrected chi connectivity index (χ4v) is 1.28. The molecular formula is C11H18N2O2. The minimum atomic E-state index is 0.0522. The van der Waals surface area contributed by atoms with Crippen LogP contribution < -0.4 is 5.32 Å². The van der Waals surface area contributed by atoms with Crippen molar-refractivity contribution in [1.82, 2.24) is 4.98 Å². The van der Waals surface area contributed by atoms with Gasteiger partial charge in [0.2, 0.25) is 0 Å². The van der Waals surface area contributed by atoms with Gasteiger partial charge in [0.05, 0.1) is 12.7 Å². The van der Waals surface area contributed by atoms with E-state index in [9.17, 15) is 0 Å². The lowest BCUT2D eigenvalue weighted by atomic mass is 10.3. The van der Waals surface area contributed by atoms with E-state index in [0.29, 0.717) is 13.2 Å². The van der Waals surface area contributed by atoms with Gasteiger partial charge in [0.1, 0.15) is 5.82 Å². The molecule has 0 aliphatic carbocycles. The van der Waals surface area contributed by atoms with Gasteiger partial charge in [-0.3, -0.25) is 0 Å². The van der Waals surface area contributed by atoms with Crippen LogP contribution in [0.15, 0.2) is 18.3 Å². The van der Waals surface area contributed by atoms with Crippen molar-refractivity contribution in [3.8, 4) is 0 Å². The molecule has 4 nitrogen and oxygen atoms in total. The number of aromatic nitrogens is 1. The molecule has 15 heavy (non-hydrogen) atoms. The Morgan fingerprint density at radius 1 is 1.47 bits per heavy atom. The second kappa shape index (κ2) is 6.37. The first kappa shape index (κ1) is 11.9. The number of nitrogens with one attached hydrogen (secondary N) is 1. The van der Waals surface area contributed by atoms with Crippen LogP contribution in [-0.2, 0) is 9.47 Å². The number of pyridine rings is 1. The van der Waals surface area contributed by atoms with E-state index in [1.165, 1.54) is 0 Å². The van der Waals surface area contributed by atoms with Gasteiger partial charge in [-0.05, 0) is 18.6 Å². The van der Waals surface area contributed by atoms with Crippen molar-refractivity contribution in [3.05, 3.63) is 23.9 Å². The summed E-state index contributed by atoms with van der Waals surface area (Å²) in [6.07, 6.45) is 1.82. The summed E-state index contributed by atoms with van der Waals surface area (Å²) in [4.78, 5) is 4.24. The van der Waals surface area contributed by atoms with Gasteiger partial charge in [0.15, 0.2) is 0 Å². The number of aryl methyl sites for hydroxylation is 1. The van der Waals surface area contributed by atoms with Crippen LogP contribution in [0.25, 0.3) is 0 Å². The Morgan fingerprint density at radius 3 is 2.87 bits per heavy atom. The highest BCUT2D eigenvalue weighted by atomic mass is 16.5. The minimum Gasteiger partial charge on any atom is -0.382 e. The first-order valence-electron chi connectivity index (χ1n) is 4.95. The summed E-state index contributed by atoms with van der Waals surface area (Å²) in [7, 11) is 3.34. The van der Waals surface area contributed by atoms with E-state index in [1.54, 1.807) is 20.4 Å². The largest absolute Gasteiger partial charge is 0.382 e. The van der Waals surface area contributed by atoms with Crippen LogP contribution in [0.1, 0.15) is 5.56 Å².